The zero-order valence-corrected chi connectivity index (χ0v) is 10.9. The number of sulfonamides is 1. The molecule has 1 fully saturated rings. The maximum absolute atomic E-state index is 12.1. The maximum atomic E-state index is 12.1. The predicted octanol–water partition coefficient (Wildman–Crippen LogP) is -0.831. The van der Waals surface area contributed by atoms with Crippen LogP contribution in [0, 0.1) is 0 Å². The van der Waals surface area contributed by atoms with Crippen LogP contribution in [0.15, 0.2) is 23.1 Å². The van der Waals surface area contributed by atoms with Gasteiger partial charge in [-0.05, 0) is 31.0 Å². The Bertz CT molecular complexity index is 608. The Hall–Kier alpha value is -1.64. The van der Waals surface area contributed by atoms with Crippen LogP contribution in [0.25, 0.3) is 0 Å². The number of amides is 1. The molecule has 1 aromatic carbocycles. The number of carbonyl (C=O) groups is 1. The number of nitrogens with two attached hydrogens (primary N) is 2. The molecule has 0 atom stereocenters. The van der Waals surface area contributed by atoms with Crippen molar-refractivity contribution in [3.8, 4) is 0 Å². The minimum absolute atomic E-state index is 0.0383. The van der Waals surface area contributed by atoms with E-state index in [9.17, 15) is 13.2 Å². The van der Waals surface area contributed by atoms with E-state index < -0.39 is 22.0 Å². The number of nitrogen functional groups attached to an aromatic ring is 1. The summed E-state index contributed by atoms with van der Waals surface area (Å²) in [4.78, 5) is 10.9. The summed E-state index contributed by atoms with van der Waals surface area (Å²) < 4.78 is 26.6. The summed E-state index contributed by atoms with van der Waals surface area (Å²) >= 11 is 0. The van der Waals surface area contributed by atoms with E-state index in [0.717, 1.165) is 0 Å². The lowest BCUT2D eigenvalue weighted by atomic mass is 9.91. The van der Waals surface area contributed by atoms with Gasteiger partial charge in [0.15, 0.2) is 0 Å². The summed E-state index contributed by atoms with van der Waals surface area (Å²) in [7, 11) is -3.76. The summed E-state index contributed by atoms with van der Waals surface area (Å²) in [6.45, 7) is 0. The van der Waals surface area contributed by atoms with Gasteiger partial charge in [-0.1, -0.05) is 0 Å². The van der Waals surface area contributed by atoms with Gasteiger partial charge in [0, 0.05) is 11.6 Å². The topological polar surface area (TPSA) is 136 Å². The molecule has 0 unspecified atom stereocenters. The number of anilines is 1. The number of carbonyl (C=O) groups excluding carboxylic acids is 1. The van der Waals surface area contributed by atoms with Crippen LogP contribution in [-0.4, -0.2) is 31.6 Å². The molecule has 19 heavy (non-hydrogen) atoms. The number of hydrogen-bond donors (Lipinski definition) is 4. The van der Waals surface area contributed by atoms with Gasteiger partial charge in [0.2, 0.25) is 15.9 Å². The minimum atomic E-state index is -3.76. The molecule has 2 rings (SSSR count). The van der Waals surface area contributed by atoms with Gasteiger partial charge >= 0.3 is 0 Å². The molecule has 0 spiro atoms. The van der Waals surface area contributed by atoms with Gasteiger partial charge in [0.1, 0.15) is 4.90 Å². The first kappa shape index (κ1) is 13.8. The van der Waals surface area contributed by atoms with Crippen molar-refractivity contribution in [2.75, 3.05) is 5.73 Å². The number of aliphatic hydroxyl groups is 1. The van der Waals surface area contributed by atoms with E-state index in [1.807, 2.05) is 0 Å². The van der Waals surface area contributed by atoms with Crippen LogP contribution >= 0.6 is 0 Å². The van der Waals surface area contributed by atoms with Crippen LogP contribution < -0.4 is 16.2 Å². The van der Waals surface area contributed by atoms with Crippen molar-refractivity contribution >= 4 is 21.6 Å². The van der Waals surface area contributed by atoms with Crippen LogP contribution in [0.4, 0.5) is 5.69 Å². The van der Waals surface area contributed by atoms with Crippen molar-refractivity contribution < 1.29 is 18.3 Å². The van der Waals surface area contributed by atoms with Crippen LogP contribution in [0.5, 0.6) is 0 Å². The number of rotatable bonds is 4. The number of nitrogens with one attached hydrogen (secondary N) is 1. The lowest BCUT2D eigenvalue weighted by Gasteiger charge is -2.31. The van der Waals surface area contributed by atoms with Gasteiger partial charge in [-0.3, -0.25) is 4.79 Å². The Morgan fingerprint density at radius 3 is 2.47 bits per heavy atom. The van der Waals surface area contributed by atoms with Gasteiger partial charge < -0.3 is 16.6 Å². The third-order valence-corrected chi connectivity index (χ3v) is 4.61. The predicted molar refractivity (Wildman–Crippen MR) is 68.7 cm³/mol. The van der Waals surface area contributed by atoms with Crippen LogP contribution in [0.1, 0.15) is 23.2 Å². The fraction of sp³-hybridized carbons (Fsp3) is 0.364. The molecule has 8 heteroatoms. The SMILES string of the molecule is NC(=O)c1ccc(S(=O)(=O)NC2CC(O)C2)c(N)c1. The Labute approximate surface area is 110 Å². The number of hydrogen-bond acceptors (Lipinski definition) is 5. The second-order valence-corrected chi connectivity index (χ2v) is 6.24. The van der Waals surface area contributed by atoms with Crippen molar-refractivity contribution in [1.82, 2.24) is 4.72 Å². The van der Waals surface area contributed by atoms with E-state index in [2.05, 4.69) is 4.72 Å². The van der Waals surface area contributed by atoms with E-state index in [1.54, 1.807) is 0 Å². The molecule has 0 aliphatic heterocycles. The summed E-state index contributed by atoms with van der Waals surface area (Å²) in [5.41, 5.74) is 10.8. The summed E-state index contributed by atoms with van der Waals surface area (Å²) in [6, 6.07) is 3.50. The van der Waals surface area contributed by atoms with Crippen molar-refractivity contribution in [3.63, 3.8) is 0 Å². The van der Waals surface area contributed by atoms with E-state index in [-0.39, 0.29) is 22.2 Å². The van der Waals surface area contributed by atoms with Crippen LogP contribution in [0.2, 0.25) is 0 Å². The molecule has 0 bridgehead atoms. The molecule has 6 N–H and O–H groups in total. The van der Waals surface area contributed by atoms with Crippen LogP contribution in [-0.2, 0) is 10.0 Å². The summed E-state index contributed by atoms with van der Waals surface area (Å²) in [5.74, 6) is -0.675. The maximum Gasteiger partial charge on any atom is 0.248 e. The largest absolute Gasteiger partial charge is 0.398 e. The molecule has 1 aromatic rings. The fourth-order valence-electron chi connectivity index (χ4n) is 1.91. The molecule has 1 saturated carbocycles. The molecule has 0 aromatic heterocycles. The molecule has 7 nitrogen and oxygen atoms in total. The number of aliphatic hydroxyl groups excluding tert-OH is 1. The Balaban J connectivity index is 2.23. The normalized spacial score (nSPS) is 22.8. The highest BCUT2D eigenvalue weighted by molar-refractivity contribution is 7.89. The molecule has 1 aliphatic rings. The number of primary amides is 1. The first-order chi connectivity index (χ1) is 8.79. The molecule has 104 valence electrons. The first-order valence-corrected chi connectivity index (χ1v) is 7.17. The second-order valence-electron chi connectivity index (χ2n) is 4.56. The average Bonchev–Trinajstić information content (AvgIpc) is 2.26. The fourth-order valence-corrected chi connectivity index (χ4v) is 3.29. The van der Waals surface area contributed by atoms with E-state index >= 15 is 0 Å². The van der Waals surface area contributed by atoms with Gasteiger partial charge in [0.05, 0.1) is 11.8 Å². The van der Waals surface area contributed by atoms with Crippen molar-refractivity contribution in [2.24, 2.45) is 5.73 Å². The van der Waals surface area contributed by atoms with Gasteiger partial charge in [-0.2, -0.15) is 0 Å². The smallest absolute Gasteiger partial charge is 0.248 e. The van der Waals surface area contributed by atoms with Gasteiger partial charge in [-0.15, -0.1) is 0 Å². The molecule has 1 amide bonds. The Morgan fingerprint density at radius 1 is 1.37 bits per heavy atom. The lowest BCUT2D eigenvalue weighted by Crippen LogP contribution is -2.46. The molecule has 0 saturated heterocycles. The zero-order valence-electron chi connectivity index (χ0n) is 10.0. The zero-order chi connectivity index (χ0) is 14.2. The molecule has 0 radical (unpaired) electrons. The second kappa shape index (κ2) is 4.80. The van der Waals surface area contributed by atoms with E-state index in [1.165, 1.54) is 18.2 Å². The molecular weight excluding hydrogens is 270 g/mol. The molecule has 1 aliphatic carbocycles. The monoisotopic (exact) mass is 285 g/mol. The molecule has 0 heterocycles. The summed E-state index contributed by atoms with van der Waals surface area (Å²) in [6.07, 6.45) is 0.319. The highest BCUT2D eigenvalue weighted by atomic mass is 32.2. The van der Waals surface area contributed by atoms with Crippen molar-refractivity contribution in [2.45, 2.75) is 29.9 Å². The lowest BCUT2D eigenvalue weighted by molar-refractivity contribution is 0.0712. The van der Waals surface area contributed by atoms with Crippen molar-refractivity contribution in [1.29, 1.82) is 0 Å². The van der Waals surface area contributed by atoms with Gasteiger partial charge in [-0.25, -0.2) is 13.1 Å². The minimum Gasteiger partial charge on any atom is -0.398 e. The highest BCUT2D eigenvalue weighted by Crippen LogP contribution is 2.24. The Morgan fingerprint density at radius 2 is 2.00 bits per heavy atom. The van der Waals surface area contributed by atoms with Crippen molar-refractivity contribution in [3.05, 3.63) is 23.8 Å². The molecular formula is C11H15N3O4S. The number of benzene rings is 1. The van der Waals surface area contributed by atoms with E-state index in [0.29, 0.717) is 12.8 Å². The van der Waals surface area contributed by atoms with Crippen LogP contribution in [0.3, 0.4) is 0 Å². The first-order valence-electron chi connectivity index (χ1n) is 5.69. The quantitative estimate of drug-likeness (QED) is 0.535. The van der Waals surface area contributed by atoms with Gasteiger partial charge in [0.25, 0.3) is 0 Å². The summed E-state index contributed by atoms with van der Waals surface area (Å²) in [5, 5.41) is 9.13. The third kappa shape index (κ3) is 2.86. The third-order valence-electron chi connectivity index (χ3n) is 3.02. The van der Waals surface area contributed by atoms with E-state index in [4.69, 9.17) is 16.6 Å². The average molecular weight is 285 g/mol. The Kier molecular flexibility index (Phi) is 3.48. The standard InChI is InChI=1S/C11H15N3O4S/c12-9-3-6(11(13)16)1-2-10(9)19(17,18)14-7-4-8(15)5-7/h1-3,7-8,14-15H,4-5,12H2,(H2,13,16). The highest BCUT2D eigenvalue weighted by Gasteiger charge is 2.32.